The molecule has 0 aliphatic carbocycles. The molecule has 0 aromatic heterocycles. The van der Waals surface area contributed by atoms with Crippen LogP contribution < -0.4 is 5.32 Å². The van der Waals surface area contributed by atoms with E-state index >= 15 is 0 Å². The summed E-state index contributed by atoms with van der Waals surface area (Å²) >= 11 is 0. The first-order valence-electron chi connectivity index (χ1n) is 9.41. The molecule has 3 rings (SSSR count). The average molecular weight is 359 g/mol. The van der Waals surface area contributed by atoms with Crippen molar-refractivity contribution in [2.24, 2.45) is 0 Å². The van der Waals surface area contributed by atoms with Gasteiger partial charge in [0.2, 0.25) is 0 Å². The van der Waals surface area contributed by atoms with Gasteiger partial charge in [-0.1, -0.05) is 67.1 Å². The van der Waals surface area contributed by atoms with Crippen LogP contribution in [0.1, 0.15) is 46.8 Å². The van der Waals surface area contributed by atoms with E-state index in [9.17, 15) is 4.79 Å². The van der Waals surface area contributed by atoms with E-state index in [-0.39, 0.29) is 6.04 Å². The Hall–Kier alpha value is -3.07. The molecule has 3 nitrogen and oxygen atoms in total. The lowest BCUT2D eigenvalue weighted by atomic mass is 9.98. The lowest BCUT2D eigenvalue weighted by Gasteiger charge is -2.21. The molecule has 1 unspecified atom stereocenters. The zero-order chi connectivity index (χ0) is 18.9. The highest BCUT2D eigenvalue weighted by Gasteiger charge is 2.11. The van der Waals surface area contributed by atoms with Crippen LogP contribution in [0.2, 0.25) is 0 Å². The van der Waals surface area contributed by atoms with E-state index in [4.69, 9.17) is 5.11 Å². The van der Waals surface area contributed by atoms with E-state index in [1.807, 2.05) is 18.2 Å². The second kappa shape index (κ2) is 9.58. The van der Waals surface area contributed by atoms with E-state index in [1.165, 1.54) is 11.1 Å². The second-order valence-corrected chi connectivity index (χ2v) is 6.72. The van der Waals surface area contributed by atoms with Crippen molar-refractivity contribution < 1.29 is 9.90 Å². The number of carboxylic acids is 1. The summed E-state index contributed by atoms with van der Waals surface area (Å²) in [6, 6.07) is 28.2. The Balaban J connectivity index is 1.61. The zero-order valence-electron chi connectivity index (χ0n) is 15.3. The number of carboxylic acid groups (broad SMARTS) is 1. The van der Waals surface area contributed by atoms with Gasteiger partial charge in [-0.3, -0.25) is 0 Å². The van der Waals surface area contributed by atoms with Crippen molar-refractivity contribution in [3.05, 3.63) is 102 Å². The molecule has 0 fully saturated rings. The van der Waals surface area contributed by atoms with Gasteiger partial charge in [0.05, 0.1) is 11.6 Å². The summed E-state index contributed by atoms with van der Waals surface area (Å²) < 4.78 is 0. The van der Waals surface area contributed by atoms with Gasteiger partial charge >= 0.3 is 5.97 Å². The zero-order valence-corrected chi connectivity index (χ0v) is 15.3. The number of hydrogen-bond acceptors (Lipinski definition) is 2. The summed E-state index contributed by atoms with van der Waals surface area (Å²) in [5.41, 5.74) is 3.88. The number of aromatic carboxylic acids is 1. The molecule has 0 spiro atoms. The highest BCUT2D eigenvalue weighted by Crippen LogP contribution is 2.25. The Morgan fingerprint density at radius 2 is 1.44 bits per heavy atom. The Labute approximate surface area is 160 Å². The van der Waals surface area contributed by atoms with E-state index in [1.54, 1.807) is 12.1 Å². The third-order valence-electron chi connectivity index (χ3n) is 4.73. The van der Waals surface area contributed by atoms with Crippen LogP contribution in [-0.2, 0) is 6.42 Å². The van der Waals surface area contributed by atoms with Gasteiger partial charge in [-0.25, -0.2) is 4.79 Å². The first-order valence-corrected chi connectivity index (χ1v) is 9.41. The third-order valence-corrected chi connectivity index (χ3v) is 4.73. The summed E-state index contributed by atoms with van der Waals surface area (Å²) in [4.78, 5) is 11.0. The average Bonchev–Trinajstić information content (AvgIpc) is 2.72. The number of benzene rings is 3. The molecule has 138 valence electrons. The predicted molar refractivity (Wildman–Crippen MR) is 110 cm³/mol. The highest BCUT2D eigenvalue weighted by molar-refractivity contribution is 5.88. The van der Waals surface area contributed by atoms with E-state index < -0.39 is 5.97 Å². The predicted octanol–water partition coefficient (Wildman–Crippen LogP) is 5.95. The van der Waals surface area contributed by atoms with Crippen molar-refractivity contribution in [1.29, 1.82) is 0 Å². The van der Waals surface area contributed by atoms with Gasteiger partial charge in [-0.05, 0) is 54.7 Å². The van der Waals surface area contributed by atoms with Crippen LogP contribution in [0.3, 0.4) is 0 Å². The molecule has 1 atom stereocenters. The molecular weight excluding hydrogens is 334 g/mol. The smallest absolute Gasteiger partial charge is 0.335 e. The fourth-order valence-electron chi connectivity index (χ4n) is 3.24. The first-order chi connectivity index (χ1) is 13.2. The maximum absolute atomic E-state index is 11.0. The van der Waals surface area contributed by atoms with Crippen LogP contribution in [0, 0.1) is 0 Å². The van der Waals surface area contributed by atoms with Crippen LogP contribution in [0.25, 0.3) is 0 Å². The Bertz CT molecular complexity index is 829. The highest BCUT2D eigenvalue weighted by atomic mass is 16.4. The summed E-state index contributed by atoms with van der Waals surface area (Å²) in [6.45, 7) is 0. The van der Waals surface area contributed by atoms with Gasteiger partial charge < -0.3 is 10.4 Å². The maximum atomic E-state index is 11.0. The maximum Gasteiger partial charge on any atom is 0.335 e. The first kappa shape index (κ1) is 18.7. The van der Waals surface area contributed by atoms with Gasteiger partial charge in [0.1, 0.15) is 0 Å². The Morgan fingerprint density at radius 3 is 2.07 bits per heavy atom. The monoisotopic (exact) mass is 359 g/mol. The molecule has 0 bridgehead atoms. The van der Waals surface area contributed by atoms with E-state index in [0.717, 1.165) is 31.4 Å². The van der Waals surface area contributed by atoms with Crippen molar-refractivity contribution in [1.82, 2.24) is 0 Å². The van der Waals surface area contributed by atoms with E-state index in [2.05, 4.69) is 59.9 Å². The largest absolute Gasteiger partial charge is 0.478 e. The standard InChI is InChI=1S/C24H25NO2/c26-24(27)21-15-17-22(18-16-21)25-23(20-12-5-2-6-13-20)14-8-7-11-19-9-3-1-4-10-19/h1-6,9-10,12-13,15-18,23,25H,7-8,11,14H2,(H,26,27). The Kier molecular flexibility index (Phi) is 6.64. The van der Waals surface area contributed by atoms with Crippen molar-refractivity contribution in [2.45, 2.75) is 31.7 Å². The number of anilines is 1. The van der Waals surface area contributed by atoms with Gasteiger partial charge in [0.15, 0.2) is 0 Å². The van der Waals surface area contributed by atoms with Gasteiger partial charge in [-0.15, -0.1) is 0 Å². The molecule has 0 heterocycles. The molecule has 0 radical (unpaired) electrons. The van der Waals surface area contributed by atoms with Crippen LogP contribution in [0.5, 0.6) is 0 Å². The fraction of sp³-hybridized carbons (Fsp3) is 0.208. The normalized spacial score (nSPS) is 11.7. The van der Waals surface area contributed by atoms with Crippen molar-refractivity contribution >= 4 is 11.7 Å². The van der Waals surface area contributed by atoms with Gasteiger partial charge in [0, 0.05) is 5.69 Å². The molecule has 0 aliphatic rings. The van der Waals surface area contributed by atoms with Crippen LogP contribution in [0.4, 0.5) is 5.69 Å². The Morgan fingerprint density at radius 1 is 0.815 bits per heavy atom. The molecule has 3 aromatic rings. The van der Waals surface area contributed by atoms with Gasteiger partial charge in [0.25, 0.3) is 0 Å². The molecule has 0 amide bonds. The minimum absolute atomic E-state index is 0.206. The molecule has 27 heavy (non-hydrogen) atoms. The number of unbranched alkanes of at least 4 members (excludes halogenated alkanes) is 1. The quantitative estimate of drug-likeness (QED) is 0.464. The van der Waals surface area contributed by atoms with Crippen LogP contribution >= 0.6 is 0 Å². The number of hydrogen-bond donors (Lipinski definition) is 2. The third kappa shape index (κ3) is 5.71. The SMILES string of the molecule is O=C(O)c1ccc(NC(CCCCc2ccccc2)c2ccccc2)cc1. The number of aryl methyl sites for hydroxylation is 1. The topological polar surface area (TPSA) is 49.3 Å². The molecule has 0 saturated heterocycles. The molecular formula is C24H25NO2. The van der Waals surface area contributed by atoms with Crippen LogP contribution in [-0.4, -0.2) is 11.1 Å². The second-order valence-electron chi connectivity index (χ2n) is 6.72. The summed E-state index contributed by atoms with van der Waals surface area (Å²) in [5, 5.41) is 12.6. The lowest BCUT2D eigenvalue weighted by Crippen LogP contribution is -2.11. The summed E-state index contributed by atoms with van der Waals surface area (Å²) in [6.07, 6.45) is 4.38. The summed E-state index contributed by atoms with van der Waals surface area (Å²) in [5.74, 6) is -0.901. The number of carbonyl (C=O) groups is 1. The summed E-state index contributed by atoms with van der Waals surface area (Å²) in [7, 11) is 0. The molecule has 0 aliphatic heterocycles. The van der Waals surface area contributed by atoms with E-state index in [0.29, 0.717) is 5.56 Å². The minimum atomic E-state index is -0.901. The van der Waals surface area contributed by atoms with Crippen molar-refractivity contribution in [3.63, 3.8) is 0 Å². The molecule has 3 heteroatoms. The fourth-order valence-corrected chi connectivity index (χ4v) is 3.24. The number of nitrogens with one attached hydrogen (secondary N) is 1. The van der Waals surface area contributed by atoms with Crippen LogP contribution in [0.15, 0.2) is 84.9 Å². The van der Waals surface area contributed by atoms with Crippen molar-refractivity contribution in [2.75, 3.05) is 5.32 Å². The minimum Gasteiger partial charge on any atom is -0.478 e. The molecule has 0 saturated carbocycles. The van der Waals surface area contributed by atoms with Crippen molar-refractivity contribution in [3.8, 4) is 0 Å². The van der Waals surface area contributed by atoms with Gasteiger partial charge in [-0.2, -0.15) is 0 Å². The molecule has 2 N–H and O–H groups in total. The lowest BCUT2D eigenvalue weighted by molar-refractivity contribution is 0.0697. The number of rotatable bonds is 9. The molecule has 3 aromatic carbocycles.